The van der Waals surface area contributed by atoms with E-state index in [0.717, 1.165) is 67.3 Å². The van der Waals surface area contributed by atoms with Crippen LogP contribution in [0.25, 0.3) is 6.08 Å². The summed E-state index contributed by atoms with van der Waals surface area (Å²) in [5.41, 5.74) is 10.4. The zero-order chi connectivity index (χ0) is 41.5. The third kappa shape index (κ3) is 10.2. The van der Waals surface area contributed by atoms with E-state index in [2.05, 4.69) is 53.7 Å². The molecule has 0 aromatic heterocycles. The molecule has 2 heterocycles. The number of hydrogen-bond donors (Lipinski definition) is 6. The van der Waals surface area contributed by atoms with E-state index >= 15 is 0 Å². The number of aliphatic hydroxyl groups excluding tert-OH is 2. The van der Waals surface area contributed by atoms with Crippen molar-refractivity contribution in [2.24, 2.45) is 34.8 Å². The van der Waals surface area contributed by atoms with Crippen molar-refractivity contribution >= 4 is 17.6 Å². The normalized spacial score (nSPS) is 29.5. The Labute approximate surface area is 351 Å². The molecule has 316 valence electrons. The van der Waals surface area contributed by atoms with Crippen LogP contribution in [-0.4, -0.2) is 65.3 Å². The summed E-state index contributed by atoms with van der Waals surface area (Å²) in [6.45, 7) is 3.77. The summed E-state index contributed by atoms with van der Waals surface area (Å²) in [4.78, 5) is 26.2. The highest BCUT2D eigenvalue weighted by molar-refractivity contribution is 5.89. The molecule has 0 amide bonds. The molecule has 59 heavy (non-hydrogen) atoms. The molecule has 2 saturated carbocycles. The van der Waals surface area contributed by atoms with Gasteiger partial charge in [0.15, 0.2) is 17.3 Å². The highest BCUT2D eigenvalue weighted by Crippen LogP contribution is 2.45. The van der Waals surface area contributed by atoms with Crippen LogP contribution in [0, 0.1) is 40.9 Å². The fourth-order valence-corrected chi connectivity index (χ4v) is 10.7. The molecule has 2 aliphatic heterocycles. The molecular formula is C50H65N3O6. The number of methoxy groups -OCH3 is 1. The Kier molecular flexibility index (Phi) is 14.0. The van der Waals surface area contributed by atoms with E-state index in [-0.39, 0.29) is 29.8 Å². The molecule has 0 bridgehead atoms. The van der Waals surface area contributed by atoms with Gasteiger partial charge in [0.2, 0.25) is 0 Å². The Morgan fingerprint density at radius 1 is 1.05 bits per heavy atom. The van der Waals surface area contributed by atoms with Crippen LogP contribution in [0.5, 0.6) is 11.5 Å². The van der Waals surface area contributed by atoms with Crippen molar-refractivity contribution in [3.05, 3.63) is 88.3 Å². The monoisotopic (exact) mass is 803 g/mol. The number of nitrogens with two attached hydrogens (primary N) is 1. The number of ketones is 2. The Hall–Kier alpha value is -4.36. The summed E-state index contributed by atoms with van der Waals surface area (Å²) < 4.78 is 5.49. The molecule has 2 aromatic carbocycles. The number of aromatic hydroxyl groups is 1. The number of nitrogens with one attached hydrogen (secondary N) is 2. The SMILES string of the molecule is CCC1=C(C(C=Cc2ccccc2)CC(O)CCC2C#CC3(CCC(CCC4CNC5CC(=O)CCC5C4)CC3O)C(=O)CCc3cc(OC)c(O)cc32)C=C(N)NC1. The molecule has 9 unspecified atom stereocenters. The van der Waals surface area contributed by atoms with Crippen molar-refractivity contribution in [1.82, 2.24) is 10.6 Å². The number of piperidine rings is 1. The molecule has 9 atom stereocenters. The average molecular weight is 804 g/mol. The average Bonchev–Trinajstić information content (AvgIpc) is 3.29. The van der Waals surface area contributed by atoms with E-state index in [1.54, 1.807) is 6.07 Å². The number of ether oxygens (including phenoxy) is 1. The lowest BCUT2D eigenvalue weighted by atomic mass is 9.64. The minimum Gasteiger partial charge on any atom is -0.504 e. The number of dihydropyridines is 1. The van der Waals surface area contributed by atoms with Crippen molar-refractivity contribution in [2.45, 2.75) is 127 Å². The van der Waals surface area contributed by atoms with Crippen LogP contribution in [0.2, 0.25) is 0 Å². The third-order valence-corrected chi connectivity index (χ3v) is 14.3. The number of benzene rings is 2. The van der Waals surface area contributed by atoms with Crippen molar-refractivity contribution in [1.29, 1.82) is 0 Å². The second kappa shape index (κ2) is 19.4. The summed E-state index contributed by atoms with van der Waals surface area (Å²) in [5.74, 6) is 9.28. The molecule has 7 N–H and O–H groups in total. The number of allylic oxidation sites excluding steroid dienone is 3. The Balaban J connectivity index is 1.08. The number of rotatable bonds is 13. The van der Waals surface area contributed by atoms with E-state index in [1.807, 2.05) is 30.3 Å². The lowest BCUT2D eigenvalue weighted by Crippen LogP contribution is -2.49. The lowest BCUT2D eigenvalue weighted by molar-refractivity contribution is -0.134. The first-order valence-electron chi connectivity index (χ1n) is 22.3. The van der Waals surface area contributed by atoms with Gasteiger partial charge < -0.3 is 36.4 Å². The molecule has 3 aliphatic carbocycles. The maximum absolute atomic E-state index is 14.2. The molecule has 2 aromatic rings. The van der Waals surface area contributed by atoms with Gasteiger partial charge in [-0.1, -0.05) is 67.7 Å². The summed E-state index contributed by atoms with van der Waals surface area (Å²) in [6.07, 6.45) is 15.3. The molecule has 3 fully saturated rings. The first-order chi connectivity index (χ1) is 28.5. The highest BCUT2D eigenvalue weighted by atomic mass is 16.5. The fraction of sp³-hybridized carbons (Fsp3) is 0.560. The van der Waals surface area contributed by atoms with Gasteiger partial charge in [-0.25, -0.2) is 0 Å². The number of aryl methyl sites for hydroxylation is 1. The second-order valence-electron chi connectivity index (χ2n) is 18.0. The summed E-state index contributed by atoms with van der Waals surface area (Å²) >= 11 is 0. The second-order valence-corrected chi connectivity index (χ2v) is 18.0. The summed E-state index contributed by atoms with van der Waals surface area (Å²) in [6, 6.07) is 14.0. The van der Waals surface area contributed by atoms with Crippen LogP contribution < -0.4 is 21.1 Å². The van der Waals surface area contributed by atoms with Crippen LogP contribution >= 0.6 is 0 Å². The zero-order valence-corrected chi connectivity index (χ0v) is 35.1. The van der Waals surface area contributed by atoms with E-state index in [4.69, 9.17) is 10.5 Å². The van der Waals surface area contributed by atoms with E-state index < -0.39 is 17.6 Å². The number of phenolic OH excluding ortho intramolecular Hbond substituents is 1. The van der Waals surface area contributed by atoms with Crippen molar-refractivity contribution < 1.29 is 29.6 Å². The van der Waals surface area contributed by atoms with E-state index in [0.29, 0.717) is 99.1 Å². The summed E-state index contributed by atoms with van der Waals surface area (Å²) in [7, 11) is 1.52. The Morgan fingerprint density at radius 3 is 2.64 bits per heavy atom. The highest BCUT2D eigenvalue weighted by Gasteiger charge is 2.47. The zero-order valence-electron chi connectivity index (χ0n) is 35.1. The molecule has 9 heteroatoms. The van der Waals surface area contributed by atoms with Crippen LogP contribution in [0.3, 0.4) is 0 Å². The molecule has 0 radical (unpaired) electrons. The predicted molar refractivity (Wildman–Crippen MR) is 232 cm³/mol. The molecule has 5 aliphatic rings. The van der Waals surface area contributed by atoms with Gasteiger partial charge in [0.05, 0.1) is 25.1 Å². The van der Waals surface area contributed by atoms with E-state index in [9.17, 15) is 24.9 Å². The van der Waals surface area contributed by atoms with Gasteiger partial charge in [-0.3, -0.25) is 9.59 Å². The van der Waals surface area contributed by atoms with Crippen molar-refractivity contribution in [3.63, 3.8) is 0 Å². The summed E-state index contributed by atoms with van der Waals surface area (Å²) in [5, 5.41) is 41.6. The standard InChI is InChI=1S/C50H65N3O6/c1-3-35-31-53-49(51)29-43(35)37(12-11-32-7-5-4-6-8-32)25-40(54)16-13-36-20-22-50(47(57)18-15-38-26-46(59-2)45(56)28-42(36)38)21-19-33(24-48(50)58)9-10-34-23-39-14-17-41(55)27-44(39)52-30-34/h4-8,11-12,26,28-29,33-34,36-37,39-40,44,48,52-54,56,58H,3,9-10,13-19,21,23-25,27,30-31,51H2,1-2H3. The fourth-order valence-electron chi connectivity index (χ4n) is 10.7. The van der Waals surface area contributed by atoms with Crippen LogP contribution in [0.4, 0.5) is 0 Å². The first kappa shape index (κ1) is 42.8. The smallest absolute Gasteiger partial charge is 0.160 e. The molecular weight excluding hydrogens is 739 g/mol. The Morgan fingerprint density at radius 2 is 1.86 bits per heavy atom. The largest absolute Gasteiger partial charge is 0.504 e. The number of carbonyl (C=O) groups is 2. The van der Waals surface area contributed by atoms with Gasteiger partial charge in [-0.2, -0.15) is 0 Å². The van der Waals surface area contributed by atoms with Gasteiger partial charge in [0, 0.05) is 43.7 Å². The van der Waals surface area contributed by atoms with Gasteiger partial charge in [0.25, 0.3) is 0 Å². The molecule has 7 rings (SSSR count). The molecule has 9 nitrogen and oxygen atoms in total. The van der Waals surface area contributed by atoms with Crippen LogP contribution in [-0.2, 0) is 16.0 Å². The molecule has 1 spiro atoms. The topological polar surface area (TPSA) is 154 Å². The quantitative estimate of drug-likeness (QED) is 0.115. The van der Waals surface area contributed by atoms with Gasteiger partial charge in [0.1, 0.15) is 11.2 Å². The minimum atomic E-state index is -1.15. The van der Waals surface area contributed by atoms with Crippen molar-refractivity contribution in [2.75, 3.05) is 20.2 Å². The van der Waals surface area contributed by atoms with Crippen molar-refractivity contribution in [3.8, 4) is 23.3 Å². The third-order valence-electron chi connectivity index (χ3n) is 14.3. The predicted octanol–water partition coefficient (Wildman–Crippen LogP) is 7.25. The number of Topliss-reactive ketones (excluding diaryl/α,β-unsaturated/α-hetero) is 2. The van der Waals surface area contributed by atoms with Gasteiger partial charge in [-0.05, 0) is 141 Å². The van der Waals surface area contributed by atoms with Crippen LogP contribution in [0.15, 0.2) is 71.6 Å². The van der Waals surface area contributed by atoms with Gasteiger partial charge in [-0.15, -0.1) is 0 Å². The number of hydrogen-bond acceptors (Lipinski definition) is 9. The lowest BCUT2D eigenvalue weighted by Gasteiger charge is -2.42. The minimum absolute atomic E-state index is 0.0144. The number of fused-ring (bicyclic) bond motifs is 2. The number of carbonyl (C=O) groups excluding carboxylic acids is 2. The van der Waals surface area contributed by atoms with Crippen LogP contribution in [0.1, 0.15) is 119 Å². The maximum Gasteiger partial charge on any atom is 0.160 e. The van der Waals surface area contributed by atoms with E-state index in [1.165, 1.54) is 12.7 Å². The number of aliphatic hydroxyl groups is 2. The maximum atomic E-state index is 14.2. The van der Waals surface area contributed by atoms with Gasteiger partial charge >= 0.3 is 0 Å². The number of phenols is 1. The first-order valence-corrected chi connectivity index (χ1v) is 22.3. The molecule has 1 saturated heterocycles. The Bertz CT molecular complexity index is 1980.